The van der Waals surface area contributed by atoms with Crippen LogP contribution in [0.4, 0.5) is 0 Å². The van der Waals surface area contributed by atoms with Crippen LogP contribution >= 0.6 is 0 Å². The van der Waals surface area contributed by atoms with E-state index in [1.165, 1.54) is 5.06 Å². The van der Waals surface area contributed by atoms with Crippen LogP contribution in [0.5, 0.6) is 0 Å². The lowest BCUT2D eigenvalue weighted by molar-refractivity contribution is -0.0711. The molecule has 0 aromatic carbocycles. The van der Waals surface area contributed by atoms with Crippen LogP contribution in [0, 0.1) is 5.92 Å². The number of nitrogens with zero attached hydrogens (tertiary/aromatic N) is 1. The van der Waals surface area contributed by atoms with E-state index in [9.17, 15) is 0 Å². The van der Waals surface area contributed by atoms with E-state index < -0.39 is 0 Å². The topological polar surface area (TPSA) is 32.7 Å². The highest BCUT2D eigenvalue weighted by Crippen LogP contribution is 2.17. The summed E-state index contributed by atoms with van der Waals surface area (Å²) in [6.07, 6.45) is 3.41. The third kappa shape index (κ3) is 3.70. The molecule has 1 aliphatic heterocycles. The van der Waals surface area contributed by atoms with Gasteiger partial charge in [0.1, 0.15) is 0 Å². The number of hydrogen-bond donors (Lipinski definition) is 1. The maximum atomic E-state index is 8.89. The number of ether oxygens (including phenoxy) is 1. The van der Waals surface area contributed by atoms with Crippen LogP contribution in [0.2, 0.25) is 0 Å². The van der Waals surface area contributed by atoms with Gasteiger partial charge in [-0.05, 0) is 25.2 Å². The second kappa shape index (κ2) is 4.70. The van der Waals surface area contributed by atoms with Crippen molar-refractivity contribution in [3.05, 3.63) is 0 Å². The van der Waals surface area contributed by atoms with Crippen LogP contribution in [0.15, 0.2) is 0 Å². The molecule has 3 heteroatoms. The minimum absolute atomic E-state index is 0.762. The summed E-state index contributed by atoms with van der Waals surface area (Å²) >= 11 is 0. The van der Waals surface area contributed by atoms with E-state index in [1.54, 1.807) is 7.05 Å². The molecule has 0 saturated carbocycles. The standard InChI is InChI=1S/C8H17NO2/c1-9(10)5-2-8-3-6-11-7-4-8/h8,10H,2-7H2,1H3. The molecule has 0 atom stereocenters. The normalized spacial score (nSPS) is 21.0. The van der Waals surface area contributed by atoms with Crippen molar-refractivity contribution in [2.24, 2.45) is 5.92 Å². The van der Waals surface area contributed by atoms with Gasteiger partial charge in [-0.15, -0.1) is 0 Å². The summed E-state index contributed by atoms with van der Waals surface area (Å²) in [5.41, 5.74) is 0. The first-order valence-corrected chi connectivity index (χ1v) is 4.27. The Morgan fingerprint density at radius 2 is 2.09 bits per heavy atom. The molecule has 1 fully saturated rings. The Morgan fingerprint density at radius 3 is 2.64 bits per heavy atom. The minimum Gasteiger partial charge on any atom is -0.381 e. The van der Waals surface area contributed by atoms with Crippen molar-refractivity contribution in [3.8, 4) is 0 Å². The Kier molecular flexibility index (Phi) is 3.83. The van der Waals surface area contributed by atoms with Crippen LogP contribution in [0.25, 0.3) is 0 Å². The predicted molar refractivity (Wildman–Crippen MR) is 42.6 cm³/mol. The summed E-state index contributed by atoms with van der Waals surface area (Å²) in [7, 11) is 1.69. The van der Waals surface area contributed by atoms with Gasteiger partial charge >= 0.3 is 0 Å². The Bertz CT molecular complexity index is 100. The third-order valence-electron chi connectivity index (χ3n) is 2.20. The SMILES string of the molecule is CN(O)CCC1CCOCC1. The first kappa shape index (κ1) is 8.97. The van der Waals surface area contributed by atoms with Gasteiger partial charge in [0, 0.05) is 26.8 Å². The summed E-state index contributed by atoms with van der Waals surface area (Å²) < 4.78 is 5.23. The molecule has 0 amide bonds. The molecule has 0 unspecified atom stereocenters. The summed E-state index contributed by atoms with van der Waals surface area (Å²) in [5, 5.41) is 10.1. The first-order valence-electron chi connectivity index (χ1n) is 4.27. The van der Waals surface area contributed by atoms with Crippen molar-refractivity contribution in [2.75, 3.05) is 26.8 Å². The predicted octanol–water partition coefficient (Wildman–Crippen LogP) is 1.12. The monoisotopic (exact) mass is 159 g/mol. The maximum absolute atomic E-state index is 8.89. The van der Waals surface area contributed by atoms with E-state index in [4.69, 9.17) is 9.94 Å². The van der Waals surface area contributed by atoms with Crippen LogP contribution in [-0.2, 0) is 4.74 Å². The molecule has 1 N–H and O–H groups in total. The molecule has 0 aromatic heterocycles. The Balaban J connectivity index is 2.05. The second-order valence-corrected chi connectivity index (χ2v) is 3.23. The van der Waals surface area contributed by atoms with Crippen LogP contribution < -0.4 is 0 Å². The van der Waals surface area contributed by atoms with Crippen molar-refractivity contribution >= 4 is 0 Å². The largest absolute Gasteiger partial charge is 0.381 e. The average molecular weight is 159 g/mol. The van der Waals surface area contributed by atoms with Crippen LogP contribution in [0.3, 0.4) is 0 Å². The fourth-order valence-electron chi connectivity index (χ4n) is 1.40. The Hall–Kier alpha value is -0.120. The number of rotatable bonds is 3. The highest BCUT2D eigenvalue weighted by atomic mass is 16.5. The van der Waals surface area contributed by atoms with Gasteiger partial charge in [0.15, 0.2) is 0 Å². The molecular formula is C8H17NO2. The molecule has 1 aliphatic rings. The van der Waals surface area contributed by atoms with E-state index >= 15 is 0 Å². The zero-order valence-corrected chi connectivity index (χ0v) is 7.12. The summed E-state index contributed by atoms with van der Waals surface area (Å²) in [4.78, 5) is 0. The molecule has 0 aliphatic carbocycles. The van der Waals surface area contributed by atoms with E-state index in [0.717, 1.165) is 44.9 Å². The minimum atomic E-state index is 0.762. The average Bonchev–Trinajstić information content (AvgIpc) is 2.03. The van der Waals surface area contributed by atoms with Gasteiger partial charge in [0.05, 0.1) is 0 Å². The fraction of sp³-hybridized carbons (Fsp3) is 1.00. The zero-order chi connectivity index (χ0) is 8.10. The molecule has 0 radical (unpaired) electrons. The molecule has 1 rings (SSSR count). The molecule has 0 bridgehead atoms. The van der Waals surface area contributed by atoms with Gasteiger partial charge in [-0.2, -0.15) is 5.06 Å². The van der Waals surface area contributed by atoms with E-state index in [0.29, 0.717) is 0 Å². The lowest BCUT2D eigenvalue weighted by Gasteiger charge is -2.22. The van der Waals surface area contributed by atoms with Crippen LogP contribution in [0.1, 0.15) is 19.3 Å². The maximum Gasteiger partial charge on any atom is 0.0468 e. The van der Waals surface area contributed by atoms with Crippen molar-refractivity contribution in [2.45, 2.75) is 19.3 Å². The third-order valence-corrected chi connectivity index (χ3v) is 2.20. The molecular weight excluding hydrogens is 142 g/mol. The van der Waals surface area contributed by atoms with E-state index in [2.05, 4.69) is 0 Å². The highest BCUT2D eigenvalue weighted by molar-refractivity contribution is 4.63. The number of hydrogen-bond acceptors (Lipinski definition) is 3. The molecule has 1 heterocycles. The van der Waals surface area contributed by atoms with Gasteiger partial charge in [-0.1, -0.05) is 0 Å². The lowest BCUT2D eigenvalue weighted by atomic mass is 9.97. The van der Waals surface area contributed by atoms with E-state index in [1.807, 2.05) is 0 Å². The molecule has 3 nitrogen and oxygen atoms in total. The highest BCUT2D eigenvalue weighted by Gasteiger charge is 2.13. The molecule has 11 heavy (non-hydrogen) atoms. The number of hydroxylamine groups is 2. The van der Waals surface area contributed by atoms with Crippen molar-refractivity contribution < 1.29 is 9.94 Å². The van der Waals surface area contributed by atoms with E-state index in [-0.39, 0.29) is 0 Å². The lowest BCUT2D eigenvalue weighted by Crippen LogP contribution is -2.21. The summed E-state index contributed by atoms with van der Waals surface area (Å²) in [6, 6.07) is 0. The molecule has 0 aromatic rings. The first-order chi connectivity index (χ1) is 5.29. The van der Waals surface area contributed by atoms with Gasteiger partial charge < -0.3 is 9.94 Å². The van der Waals surface area contributed by atoms with Gasteiger partial charge in [0.2, 0.25) is 0 Å². The Labute approximate surface area is 67.9 Å². The van der Waals surface area contributed by atoms with Crippen molar-refractivity contribution in [1.82, 2.24) is 5.06 Å². The quantitative estimate of drug-likeness (QED) is 0.626. The molecule has 0 spiro atoms. The van der Waals surface area contributed by atoms with Gasteiger partial charge in [-0.3, -0.25) is 0 Å². The smallest absolute Gasteiger partial charge is 0.0468 e. The van der Waals surface area contributed by atoms with Gasteiger partial charge in [0.25, 0.3) is 0 Å². The van der Waals surface area contributed by atoms with Crippen molar-refractivity contribution in [3.63, 3.8) is 0 Å². The van der Waals surface area contributed by atoms with Crippen molar-refractivity contribution in [1.29, 1.82) is 0 Å². The molecule has 66 valence electrons. The molecule has 1 saturated heterocycles. The second-order valence-electron chi connectivity index (χ2n) is 3.23. The zero-order valence-electron chi connectivity index (χ0n) is 7.12. The Morgan fingerprint density at radius 1 is 1.45 bits per heavy atom. The fourth-order valence-corrected chi connectivity index (χ4v) is 1.40. The summed E-state index contributed by atoms with van der Waals surface area (Å²) in [5.74, 6) is 0.762. The summed E-state index contributed by atoms with van der Waals surface area (Å²) in [6.45, 7) is 2.59. The van der Waals surface area contributed by atoms with Gasteiger partial charge in [-0.25, -0.2) is 0 Å². The van der Waals surface area contributed by atoms with Crippen LogP contribution in [-0.4, -0.2) is 37.1 Å².